The number of carbonyl (C=O) groups excluding carboxylic acids is 1. The Hall–Kier alpha value is -1.79. The van der Waals surface area contributed by atoms with Crippen LogP contribution < -0.4 is 0 Å². The minimum absolute atomic E-state index is 0.123. The standard InChI is InChI=1S/C33H50N4O2/c1-23(4-9-31(39)37-16-14-36(15-17-37)21-24-19-34-22-35-20-24)28-7-8-29-27-6-5-25-18-26(38)10-12-32(25,2)30(27)11-13-33(28,29)3/h5,19-20,22-23,26-30,38H,4,6-18,21H2,1-3H3/t23-,26+,27+,28-,29+,30+,32+,33-/m1/s1. The first-order chi connectivity index (χ1) is 18.8. The monoisotopic (exact) mass is 534 g/mol. The summed E-state index contributed by atoms with van der Waals surface area (Å²) in [7, 11) is 0. The maximum Gasteiger partial charge on any atom is 0.222 e. The number of piperazine rings is 1. The lowest BCUT2D eigenvalue weighted by atomic mass is 9.47. The van der Waals surface area contributed by atoms with Crippen molar-refractivity contribution in [3.63, 3.8) is 0 Å². The smallest absolute Gasteiger partial charge is 0.222 e. The van der Waals surface area contributed by atoms with Crippen LogP contribution in [0.15, 0.2) is 30.4 Å². The minimum atomic E-state index is -0.123. The maximum atomic E-state index is 13.2. The van der Waals surface area contributed by atoms with Gasteiger partial charge in [0.1, 0.15) is 6.33 Å². The number of allylic oxidation sites excluding steroid dienone is 1. The third-order valence-corrected chi connectivity index (χ3v) is 12.4. The summed E-state index contributed by atoms with van der Waals surface area (Å²) in [6.07, 6.45) is 19.2. The lowest BCUT2D eigenvalue weighted by Gasteiger charge is -2.58. The van der Waals surface area contributed by atoms with Crippen LogP contribution in [0.1, 0.15) is 90.5 Å². The Morgan fingerprint density at radius 1 is 1.05 bits per heavy atom. The van der Waals surface area contributed by atoms with Gasteiger partial charge in [-0.2, -0.15) is 0 Å². The fraction of sp³-hybridized carbons (Fsp3) is 0.788. The van der Waals surface area contributed by atoms with Gasteiger partial charge in [0, 0.05) is 57.1 Å². The quantitative estimate of drug-likeness (QED) is 0.490. The largest absolute Gasteiger partial charge is 0.393 e. The highest BCUT2D eigenvalue weighted by molar-refractivity contribution is 5.76. The molecule has 1 aliphatic heterocycles. The van der Waals surface area contributed by atoms with Crippen molar-refractivity contribution >= 4 is 5.91 Å². The van der Waals surface area contributed by atoms with Gasteiger partial charge in [0.25, 0.3) is 0 Å². The minimum Gasteiger partial charge on any atom is -0.393 e. The van der Waals surface area contributed by atoms with Crippen molar-refractivity contribution in [2.75, 3.05) is 26.2 Å². The first-order valence-corrected chi connectivity index (χ1v) is 15.9. The molecular formula is C33H50N4O2. The van der Waals surface area contributed by atoms with E-state index in [1.54, 1.807) is 11.9 Å². The van der Waals surface area contributed by atoms with Crippen molar-refractivity contribution in [2.24, 2.45) is 40.4 Å². The van der Waals surface area contributed by atoms with Gasteiger partial charge in [-0.25, -0.2) is 9.97 Å². The number of aromatic nitrogens is 2. The normalized spacial score (nSPS) is 39.3. The van der Waals surface area contributed by atoms with Crippen LogP contribution in [0.2, 0.25) is 0 Å². The fourth-order valence-electron chi connectivity index (χ4n) is 10.2. The second-order valence-electron chi connectivity index (χ2n) is 14.3. The van der Waals surface area contributed by atoms with E-state index in [1.165, 1.54) is 38.5 Å². The van der Waals surface area contributed by atoms with E-state index in [4.69, 9.17) is 0 Å². The van der Waals surface area contributed by atoms with E-state index in [0.717, 1.165) is 81.2 Å². The molecule has 2 heterocycles. The third kappa shape index (κ3) is 5.09. The van der Waals surface area contributed by atoms with E-state index in [-0.39, 0.29) is 6.10 Å². The fourth-order valence-corrected chi connectivity index (χ4v) is 10.2. The summed E-state index contributed by atoms with van der Waals surface area (Å²) in [5.74, 6) is 4.13. The van der Waals surface area contributed by atoms with Crippen LogP contribution in [0.4, 0.5) is 0 Å². The van der Waals surface area contributed by atoms with E-state index in [2.05, 4.69) is 46.6 Å². The Morgan fingerprint density at radius 3 is 2.59 bits per heavy atom. The molecule has 1 saturated heterocycles. The molecule has 6 heteroatoms. The predicted octanol–water partition coefficient (Wildman–Crippen LogP) is 5.48. The summed E-state index contributed by atoms with van der Waals surface area (Å²) in [5.41, 5.74) is 3.45. The summed E-state index contributed by atoms with van der Waals surface area (Å²) in [5, 5.41) is 10.3. The first-order valence-electron chi connectivity index (χ1n) is 15.9. The van der Waals surface area contributed by atoms with E-state index >= 15 is 0 Å². The zero-order valence-corrected chi connectivity index (χ0v) is 24.5. The summed E-state index contributed by atoms with van der Waals surface area (Å²) < 4.78 is 0. The second kappa shape index (κ2) is 10.9. The Morgan fingerprint density at radius 2 is 1.82 bits per heavy atom. The van der Waals surface area contributed by atoms with Crippen LogP contribution in [-0.2, 0) is 11.3 Å². The Balaban J connectivity index is 1.02. The molecule has 1 aromatic rings. The summed E-state index contributed by atoms with van der Waals surface area (Å²) in [4.78, 5) is 25.9. The molecule has 8 atom stereocenters. The lowest BCUT2D eigenvalue weighted by molar-refractivity contribution is -0.133. The first kappa shape index (κ1) is 27.4. The molecule has 6 nitrogen and oxygen atoms in total. The molecule has 1 N–H and O–H groups in total. The zero-order valence-electron chi connectivity index (χ0n) is 24.5. The average molecular weight is 535 g/mol. The highest BCUT2D eigenvalue weighted by Gasteiger charge is 2.59. The molecule has 4 aliphatic carbocycles. The molecule has 214 valence electrons. The number of fused-ring (bicyclic) bond motifs is 5. The lowest BCUT2D eigenvalue weighted by Crippen LogP contribution is -2.51. The van der Waals surface area contributed by atoms with Crippen LogP contribution in [-0.4, -0.2) is 63.1 Å². The van der Waals surface area contributed by atoms with E-state index < -0.39 is 0 Å². The number of rotatable bonds is 6. The molecule has 5 aliphatic rings. The van der Waals surface area contributed by atoms with E-state index in [0.29, 0.717) is 29.1 Å². The number of hydrogen-bond acceptors (Lipinski definition) is 5. The van der Waals surface area contributed by atoms with Gasteiger partial charge in [-0.05, 0) is 98.2 Å². The van der Waals surface area contributed by atoms with Crippen LogP contribution in [0.25, 0.3) is 0 Å². The average Bonchev–Trinajstić information content (AvgIpc) is 3.30. The van der Waals surface area contributed by atoms with Crippen molar-refractivity contribution in [3.8, 4) is 0 Å². The molecule has 3 saturated carbocycles. The summed E-state index contributed by atoms with van der Waals surface area (Å²) in [6, 6.07) is 0. The van der Waals surface area contributed by atoms with Crippen molar-refractivity contribution in [2.45, 2.75) is 97.6 Å². The molecule has 0 radical (unpaired) electrons. The van der Waals surface area contributed by atoms with E-state index in [9.17, 15) is 9.90 Å². The number of hydrogen-bond donors (Lipinski definition) is 1. The highest BCUT2D eigenvalue weighted by Crippen LogP contribution is 2.67. The number of nitrogens with zero attached hydrogens (tertiary/aromatic N) is 4. The van der Waals surface area contributed by atoms with Crippen molar-refractivity contribution in [1.29, 1.82) is 0 Å². The molecule has 1 aromatic heterocycles. The molecule has 6 rings (SSSR count). The SMILES string of the molecule is C[C@H](CCC(=O)N1CCN(Cc2cncnc2)CC1)[C@H]1CC[C@H]2[C@@H]3CC=C4C[C@@H](O)CC[C@]4(C)[C@H]3CC[C@]12C. The van der Waals surface area contributed by atoms with Crippen LogP contribution >= 0.6 is 0 Å². The van der Waals surface area contributed by atoms with Gasteiger partial charge in [0.2, 0.25) is 5.91 Å². The molecule has 0 unspecified atom stereocenters. The molecule has 0 aromatic carbocycles. The van der Waals surface area contributed by atoms with Gasteiger partial charge < -0.3 is 10.0 Å². The highest BCUT2D eigenvalue weighted by atomic mass is 16.3. The molecular weight excluding hydrogens is 484 g/mol. The van der Waals surface area contributed by atoms with Gasteiger partial charge in [0.05, 0.1) is 6.10 Å². The molecule has 0 bridgehead atoms. The Bertz CT molecular complexity index is 1050. The maximum absolute atomic E-state index is 13.2. The topological polar surface area (TPSA) is 69.6 Å². The third-order valence-electron chi connectivity index (χ3n) is 12.4. The molecule has 39 heavy (non-hydrogen) atoms. The van der Waals surface area contributed by atoms with Gasteiger partial charge >= 0.3 is 0 Å². The van der Waals surface area contributed by atoms with Crippen LogP contribution in [0.3, 0.4) is 0 Å². The summed E-state index contributed by atoms with van der Waals surface area (Å²) >= 11 is 0. The molecule has 1 amide bonds. The Labute approximate surface area is 235 Å². The predicted molar refractivity (Wildman–Crippen MR) is 153 cm³/mol. The Kier molecular flexibility index (Phi) is 7.64. The van der Waals surface area contributed by atoms with Crippen molar-refractivity contribution in [3.05, 3.63) is 35.9 Å². The number of aliphatic hydroxyl groups is 1. The number of amides is 1. The van der Waals surface area contributed by atoms with Gasteiger partial charge in [0.15, 0.2) is 0 Å². The van der Waals surface area contributed by atoms with Gasteiger partial charge in [-0.15, -0.1) is 0 Å². The van der Waals surface area contributed by atoms with Gasteiger partial charge in [-0.3, -0.25) is 9.69 Å². The van der Waals surface area contributed by atoms with Crippen LogP contribution in [0.5, 0.6) is 0 Å². The number of carbonyl (C=O) groups is 1. The summed E-state index contributed by atoms with van der Waals surface area (Å²) in [6.45, 7) is 12.0. The second-order valence-corrected chi connectivity index (χ2v) is 14.3. The molecule has 0 spiro atoms. The van der Waals surface area contributed by atoms with E-state index in [1.807, 2.05) is 12.4 Å². The zero-order chi connectivity index (χ0) is 27.2. The van der Waals surface area contributed by atoms with Crippen molar-refractivity contribution in [1.82, 2.24) is 19.8 Å². The van der Waals surface area contributed by atoms with Crippen molar-refractivity contribution < 1.29 is 9.90 Å². The van der Waals surface area contributed by atoms with Gasteiger partial charge in [-0.1, -0.05) is 32.4 Å². The number of aliphatic hydroxyl groups excluding tert-OH is 1. The molecule has 4 fully saturated rings. The van der Waals surface area contributed by atoms with Crippen LogP contribution in [0, 0.1) is 40.4 Å².